The molecule has 0 spiro atoms. The van der Waals surface area contributed by atoms with Crippen LogP contribution in [0.4, 0.5) is 10.6 Å². The predicted molar refractivity (Wildman–Crippen MR) is 361 cm³/mol. The predicted octanol–water partition coefficient (Wildman–Crippen LogP) is -2.86. The molecule has 100 heavy (non-hydrogen) atoms. The highest BCUT2D eigenvalue weighted by Gasteiger charge is 2.54. The third-order valence-corrected chi connectivity index (χ3v) is 19.7. The van der Waals surface area contributed by atoms with Crippen molar-refractivity contribution in [2.24, 2.45) is 35.0 Å². The van der Waals surface area contributed by atoms with Crippen LogP contribution in [0.15, 0.2) is 23.3 Å². The molecule has 4 aromatic heterocycles. The Labute approximate surface area is 587 Å². The van der Waals surface area contributed by atoms with Gasteiger partial charge in [-0.2, -0.15) is 0 Å². The van der Waals surface area contributed by atoms with Crippen molar-refractivity contribution >= 4 is 86.6 Å². The van der Waals surface area contributed by atoms with Crippen molar-refractivity contribution in [3.63, 3.8) is 0 Å². The van der Waals surface area contributed by atoms with Crippen LogP contribution in [-0.2, 0) is 65.0 Å². The van der Waals surface area contributed by atoms with Crippen molar-refractivity contribution in [3.8, 4) is 10.7 Å². The maximum absolute atomic E-state index is 15.4. The number of aromatic nitrogens is 6. The second-order valence-corrected chi connectivity index (χ2v) is 30.2. The van der Waals surface area contributed by atoms with Crippen LogP contribution in [0.1, 0.15) is 135 Å². The molecule has 2 aliphatic heterocycles. The van der Waals surface area contributed by atoms with Crippen molar-refractivity contribution in [1.82, 2.24) is 51.2 Å². The lowest BCUT2D eigenvalue weighted by atomic mass is 9.86. The minimum Gasteiger partial charge on any atom is -0.441 e. The summed E-state index contributed by atoms with van der Waals surface area (Å²) in [7, 11) is 0.259. The van der Waals surface area contributed by atoms with E-state index in [1.807, 2.05) is 0 Å². The summed E-state index contributed by atoms with van der Waals surface area (Å²) in [6, 6.07) is -2.33. The number of aliphatic hydroxyl groups is 8. The first-order valence-corrected chi connectivity index (χ1v) is 36.2. The number of Topliss-reactive ketones (excluding diaryl/α,β-unsaturated/α-hetero) is 2. The van der Waals surface area contributed by atoms with E-state index >= 15 is 9.59 Å². The third kappa shape index (κ3) is 22.6. The van der Waals surface area contributed by atoms with E-state index in [0.29, 0.717) is 22.3 Å². The summed E-state index contributed by atoms with van der Waals surface area (Å²) in [5, 5.41) is 105. The monoisotopic (exact) mass is 1470 g/mol. The van der Waals surface area contributed by atoms with Crippen molar-refractivity contribution in [2.75, 3.05) is 50.3 Å². The Hall–Kier alpha value is -6.86. The lowest BCUT2D eigenvalue weighted by Gasteiger charge is -2.47. The molecule has 4 aromatic rings. The molecule has 35 nitrogen and oxygen atoms in total. The van der Waals surface area contributed by atoms with Crippen LogP contribution in [-0.4, -0.2) is 254 Å². The van der Waals surface area contributed by atoms with Crippen LogP contribution < -0.4 is 44.2 Å². The average Bonchev–Trinajstić information content (AvgIpc) is 0.983. The van der Waals surface area contributed by atoms with E-state index in [1.54, 1.807) is 31.5 Å². The van der Waals surface area contributed by atoms with Crippen molar-refractivity contribution in [3.05, 3.63) is 56.8 Å². The zero-order chi connectivity index (χ0) is 74.2. The van der Waals surface area contributed by atoms with Crippen molar-refractivity contribution < 1.29 is 103 Å². The van der Waals surface area contributed by atoms with Crippen molar-refractivity contribution in [1.29, 1.82) is 0 Å². The summed E-state index contributed by atoms with van der Waals surface area (Å²) >= 11 is 2.56. The Morgan fingerprint density at radius 1 is 0.790 bits per heavy atom. The number of imidazole rings is 1. The summed E-state index contributed by atoms with van der Waals surface area (Å²) in [4.78, 5) is 133. The minimum atomic E-state index is -2.17. The molecule has 6 amide bonds. The highest BCUT2D eigenvalue weighted by atomic mass is 32.2. The molecule has 19 atom stereocenters. The van der Waals surface area contributed by atoms with Gasteiger partial charge in [0, 0.05) is 78.9 Å². The number of carbonyl (C=O) groups is 8. The van der Waals surface area contributed by atoms with Crippen molar-refractivity contribution in [2.45, 2.75) is 197 Å². The fourth-order valence-corrected chi connectivity index (χ4v) is 13.6. The van der Waals surface area contributed by atoms with Gasteiger partial charge < -0.3 is 114 Å². The number of aromatic amines is 1. The maximum Gasteiger partial charge on any atom is 0.404 e. The van der Waals surface area contributed by atoms with Gasteiger partial charge in [-0.05, 0) is 65.3 Å². The minimum absolute atomic E-state index is 0.00257. The van der Waals surface area contributed by atoms with Gasteiger partial charge in [0.05, 0.1) is 85.1 Å². The number of hydrogen-bond donors (Lipinski definition) is 17. The molecular weight excluding hydrogens is 1370 g/mol. The normalized spacial score (nSPS) is 23.8. The molecule has 2 saturated heterocycles. The molecule has 0 aliphatic carbocycles. The second kappa shape index (κ2) is 37.4. The fraction of sp³-hybridized carbons (Fsp3) is 0.661. The highest BCUT2D eigenvalue weighted by Crippen LogP contribution is 2.38. The molecule has 0 saturated carbocycles. The van der Waals surface area contributed by atoms with Crippen LogP contribution >= 0.6 is 22.7 Å². The van der Waals surface area contributed by atoms with Crippen LogP contribution in [0.3, 0.4) is 0 Å². The Morgan fingerprint density at radius 2 is 1.47 bits per heavy atom. The van der Waals surface area contributed by atoms with E-state index in [1.165, 1.54) is 50.4 Å². The van der Waals surface area contributed by atoms with Gasteiger partial charge in [0.15, 0.2) is 24.5 Å². The molecule has 21 N–H and O–H groups in total. The van der Waals surface area contributed by atoms with E-state index in [-0.39, 0.29) is 76.9 Å². The summed E-state index contributed by atoms with van der Waals surface area (Å²) in [5.41, 5.74) is 22.9. The SMILES string of the molecule is Cc1c(N)nc([C@@H](CC[C@H](NC(C)(C)C)C(N)=O)CC(N)=O)nc1C(=O)C[C@H](C(=O)N[C@H](C)[C@@H](O)[C@H](C)C(=O)C[C@H](C(=O)NCCc1nc(-c2nc(C(=O)NCCC[S+](C)C)cs2)cs1)[C@@H](C)O)[C@@H](O[C@@H]1OC(CO)[C@@H](O)[C@@H](O)C1O[C@H]1OC(CO)[C@@H](O)C(OC(N)=O)[C@H]1O)c1cnc[nH]1. The van der Waals surface area contributed by atoms with Gasteiger partial charge in [0.1, 0.15) is 94.1 Å². The Balaban J connectivity index is 1.28. The number of aliphatic hydroxyl groups excluding tert-OH is 8. The third-order valence-electron chi connectivity index (χ3n) is 16.8. The van der Waals surface area contributed by atoms with Gasteiger partial charge in [-0.1, -0.05) is 6.92 Å². The summed E-state index contributed by atoms with van der Waals surface area (Å²) in [6.07, 6.45) is -20.5. The first kappa shape index (κ1) is 82.1. The largest absolute Gasteiger partial charge is 0.441 e. The molecule has 0 bridgehead atoms. The quantitative estimate of drug-likeness (QED) is 0.0122. The van der Waals surface area contributed by atoms with E-state index in [0.717, 1.165) is 24.7 Å². The molecule has 2 fully saturated rings. The Kier molecular flexibility index (Phi) is 30.7. The number of ketones is 2. The number of primary amides is 3. The number of hydrogen-bond acceptors (Lipinski definition) is 30. The van der Waals surface area contributed by atoms with E-state index in [4.69, 9.17) is 46.6 Å². The lowest BCUT2D eigenvalue weighted by Crippen LogP contribution is -2.65. The zero-order valence-corrected chi connectivity index (χ0v) is 59.4. The number of nitrogens with one attached hydrogen (secondary N) is 5. The maximum atomic E-state index is 15.4. The summed E-state index contributed by atoms with van der Waals surface area (Å²) < 4.78 is 29.1. The first-order chi connectivity index (χ1) is 47.0. The number of nitrogens with two attached hydrogens (primary N) is 4. The zero-order valence-electron chi connectivity index (χ0n) is 56.9. The Bertz CT molecular complexity index is 3400. The highest BCUT2D eigenvalue weighted by molar-refractivity contribution is 7.95. The van der Waals surface area contributed by atoms with E-state index < -0.39 is 195 Å². The second-order valence-electron chi connectivity index (χ2n) is 26.0. The number of nitrogens with zero attached hydrogens (tertiary/aromatic N) is 5. The van der Waals surface area contributed by atoms with Gasteiger partial charge >= 0.3 is 6.09 Å². The molecular formula is C62H95N14O21S3+. The van der Waals surface area contributed by atoms with Gasteiger partial charge in [0.25, 0.3) is 5.91 Å². The molecule has 2 aliphatic rings. The molecule has 6 heterocycles. The number of carbonyl (C=O) groups excluding carboxylic acids is 8. The lowest BCUT2D eigenvalue weighted by molar-refractivity contribution is -0.373. The van der Waals surface area contributed by atoms with Gasteiger partial charge in [-0.3, -0.25) is 33.6 Å². The van der Waals surface area contributed by atoms with Crippen LogP contribution in [0.2, 0.25) is 0 Å². The fourth-order valence-electron chi connectivity index (χ4n) is 11.3. The number of ether oxygens (including phenoxy) is 5. The standard InChI is InChI=1S/C62H94N14O21S3/c1-26(37(80)18-31(29(4)79)55(89)69-15-13-42-72-36(24-98-42)58-73-35(23-99-58)57(91)68-14-10-16-100(8)9)44(83)28(3)71-56(90)32(19-38(81)43-27(2)52(64)75-54(74-43)30(17-41(63)82)11-12-33(53(65)88)76-62(5,6)7)49(34-20-67-25-70-34)95-60-51(47(86)45(84)39(21-77)94-60)96-59-48(87)50(97-61(66)92)46(85)40(22-78)93-59/h20,23-26,28-33,39-40,44-51,59-60,76-79,83-87H,10-19,21-22H2,1-9H3,(H11-,63,64,65,66,67,68,69,70,71,74,75,82,88,89,90,91,92)/p+1/t26-,28-,29-,30+,31+,32+,33+,39?,40?,44+,45-,46-,47-,48-,49-,50?,51?,59-,60+/m1/s1. The first-order valence-electron chi connectivity index (χ1n) is 32.3. The number of H-pyrrole nitrogens is 1. The van der Waals surface area contributed by atoms with E-state index in [2.05, 4.69) is 63.7 Å². The van der Waals surface area contributed by atoms with Gasteiger partial charge in [0.2, 0.25) is 23.6 Å². The van der Waals surface area contributed by atoms with Gasteiger partial charge in [-0.15, -0.1) is 22.7 Å². The number of anilines is 1. The number of nitrogen functional groups attached to an aromatic ring is 1. The molecule has 0 aromatic carbocycles. The Morgan fingerprint density at radius 3 is 2.08 bits per heavy atom. The summed E-state index contributed by atoms with van der Waals surface area (Å²) in [5.74, 6) is -10.2. The average molecular weight is 1470 g/mol. The molecule has 38 heteroatoms. The number of amides is 6. The molecule has 0 radical (unpaired) electrons. The summed E-state index contributed by atoms with van der Waals surface area (Å²) in [6.45, 7) is 9.38. The smallest absolute Gasteiger partial charge is 0.404 e. The van der Waals surface area contributed by atoms with Crippen LogP contribution in [0.5, 0.6) is 0 Å². The number of thiazole rings is 2. The molecule has 6 rings (SSSR count). The molecule has 556 valence electrons. The van der Waals surface area contributed by atoms with Crippen LogP contribution in [0, 0.1) is 24.7 Å². The topological polar surface area (TPSA) is 577 Å². The van der Waals surface area contributed by atoms with Gasteiger partial charge in [-0.25, -0.2) is 29.7 Å². The number of rotatable bonds is 38. The van der Waals surface area contributed by atoms with Crippen LogP contribution in [0.25, 0.3) is 10.7 Å². The van der Waals surface area contributed by atoms with E-state index in [9.17, 15) is 69.6 Å². The molecule has 4 unspecified atom stereocenters.